The molecule has 0 aromatic carbocycles. The third-order valence-electron chi connectivity index (χ3n) is 5.23. The molecule has 0 unspecified atom stereocenters. The zero-order valence-corrected chi connectivity index (χ0v) is 25.7. The van der Waals surface area contributed by atoms with Gasteiger partial charge in [-0.1, -0.05) is 0 Å². The van der Waals surface area contributed by atoms with Crippen molar-refractivity contribution in [1.29, 1.82) is 0 Å². The number of carbonyl (C=O) groups excluding carboxylic acids is 3. The minimum Gasteiger partial charge on any atom is -0.431 e. The average molecular weight is 604 g/mol. The number of aryl methyl sites for hydroxylation is 1. The molecule has 0 saturated carbocycles. The first kappa shape index (κ1) is 34.6. The molecule has 1 fully saturated rings. The number of alkyl halides is 1. The number of hydrogen-bond donors (Lipinski definition) is 0. The van der Waals surface area contributed by atoms with Gasteiger partial charge < -0.3 is 33.2 Å². The summed E-state index contributed by atoms with van der Waals surface area (Å²) in [6.45, 7) is 13.7. The first-order chi connectivity index (χ1) is 19.1. The Kier molecular flexibility index (Phi) is 10.8. The quantitative estimate of drug-likeness (QED) is 0.328. The highest BCUT2D eigenvalue weighted by Crippen LogP contribution is 2.35. The molecule has 0 amide bonds. The van der Waals surface area contributed by atoms with E-state index in [9.17, 15) is 28.4 Å². The molecule has 238 valence electrons. The van der Waals surface area contributed by atoms with Crippen LogP contribution < -0.4 is 11.2 Å². The predicted octanol–water partition coefficient (Wildman–Crippen LogP) is 3.78. The Morgan fingerprint density at radius 1 is 0.833 bits per heavy atom. The predicted molar refractivity (Wildman–Crippen MR) is 144 cm³/mol. The third-order valence-corrected chi connectivity index (χ3v) is 5.23. The molecule has 0 spiro atoms. The average Bonchev–Trinajstić information content (AvgIpc) is 3.10. The van der Waals surface area contributed by atoms with Crippen molar-refractivity contribution >= 4 is 18.5 Å². The van der Waals surface area contributed by atoms with Crippen molar-refractivity contribution in [1.82, 2.24) is 9.13 Å². The molecule has 4 atom stereocenters. The van der Waals surface area contributed by atoms with Crippen molar-refractivity contribution < 1.29 is 51.9 Å². The highest BCUT2D eigenvalue weighted by atomic mass is 18.2. The molecule has 1 aliphatic heterocycles. The molecule has 1 aliphatic rings. The van der Waals surface area contributed by atoms with Crippen LogP contribution in [0.3, 0.4) is 0 Å². The van der Waals surface area contributed by atoms with E-state index in [2.05, 4.69) is 0 Å². The number of ether oxygens (including phenoxy) is 7. The topological polar surface area (TPSA) is 160 Å². The normalized spacial score (nSPS) is 20.9. The lowest BCUT2D eigenvalue weighted by atomic mass is 10.1. The molecule has 0 aliphatic carbocycles. The van der Waals surface area contributed by atoms with Gasteiger partial charge in [0.05, 0.1) is 6.54 Å². The molecule has 1 aromatic heterocycles. The summed E-state index contributed by atoms with van der Waals surface area (Å²) in [5.41, 5.74) is -4.54. The molecule has 0 bridgehead atoms. The highest BCUT2D eigenvalue weighted by Gasteiger charge is 2.53. The summed E-state index contributed by atoms with van der Waals surface area (Å²) in [5.74, 6) is 0. The van der Waals surface area contributed by atoms with Gasteiger partial charge in [0.2, 0.25) is 0 Å². The molecular formula is C27H41FN2O12. The van der Waals surface area contributed by atoms with Crippen molar-refractivity contribution in [2.75, 3.05) is 13.3 Å². The van der Waals surface area contributed by atoms with E-state index in [-0.39, 0.29) is 5.56 Å². The summed E-state index contributed by atoms with van der Waals surface area (Å²) in [6, 6.07) is 0. The molecule has 15 heteroatoms. The summed E-state index contributed by atoms with van der Waals surface area (Å²) in [4.78, 5) is 63.6. The van der Waals surface area contributed by atoms with Crippen LogP contribution in [0.2, 0.25) is 0 Å². The molecule has 0 radical (unpaired) electrons. The standard InChI is InChI=1S/C27H41FN2O12/c1-15-13-30(21(32)29(12-11-28)19(15)31)20-18(39-24(35)42-27(8,9)10)17(38-23(34)41-26(5,6)7)16(37-20)14-36-22(33)40-25(2,3)4/h13,16-18,20H,11-12,14H2,1-10H3/t16-,17-,18-,20-/m1/s1/i28-1. The molecule has 2 rings (SSSR count). The fourth-order valence-corrected chi connectivity index (χ4v) is 3.76. The van der Waals surface area contributed by atoms with Crippen LogP contribution in [0.5, 0.6) is 0 Å². The van der Waals surface area contributed by atoms with Crippen LogP contribution in [0.4, 0.5) is 18.8 Å². The van der Waals surface area contributed by atoms with Crippen LogP contribution in [0.25, 0.3) is 0 Å². The lowest BCUT2D eigenvalue weighted by molar-refractivity contribution is -0.0883. The SMILES string of the molecule is Cc1cn([C@@H]2O[C@H](COC(=O)OC(C)(C)C)[C@@H](OC(=O)OC(C)(C)C)[C@H]2OC(=O)OC(C)(C)C)c(=O)n(CC[18F])c1=O. The Balaban J connectivity index is 2.61. The highest BCUT2D eigenvalue weighted by molar-refractivity contribution is 5.62. The van der Waals surface area contributed by atoms with Gasteiger partial charge in [-0.05, 0) is 69.2 Å². The monoisotopic (exact) mass is 603 g/mol. The fraction of sp³-hybridized carbons (Fsp3) is 0.741. The van der Waals surface area contributed by atoms with Crippen molar-refractivity contribution in [3.8, 4) is 0 Å². The van der Waals surface area contributed by atoms with Crippen LogP contribution in [0, 0.1) is 6.92 Å². The second kappa shape index (κ2) is 13.1. The van der Waals surface area contributed by atoms with E-state index in [0.717, 1.165) is 10.8 Å². The van der Waals surface area contributed by atoms with Crippen LogP contribution in [-0.4, -0.2) is 76.0 Å². The molecule has 14 nitrogen and oxygen atoms in total. The van der Waals surface area contributed by atoms with Crippen molar-refractivity contribution in [2.45, 2.75) is 117 Å². The number of nitrogens with zero attached hydrogens (tertiary/aromatic N) is 2. The molecular weight excluding hydrogens is 562 g/mol. The zero-order valence-electron chi connectivity index (χ0n) is 25.7. The van der Waals surface area contributed by atoms with E-state index in [1.165, 1.54) is 6.92 Å². The van der Waals surface area contributed by atoms with Crippen molar-refractivity contribution in [2.24, 2.45) is 0 Å². The van der Waals surface area contributed by atoms with Gasteiger partial charge in [-0.15, -0.1) is 0 Å². The number of aromatic nitrogens is 2. The molecule has 1 saturated heterocycles. The molecule has 0 N–H and O–H groups in total. The van der Waals surface area contributed by atoms with Gasteiger partial charge in [-0.25, -0.2) is 23.6 Å². The van der Waals surface area contributed by atoms with Gasteiger partial charge in [0, 0.05) is 11.8 Å². The number of rotatable bonds is 7. The Morgan fingerprint density at radius 2 is 1.31 bits per heavy atom. The lowest BCUT2D eigenvalue weighted by Gasteiger charge is -2.28. The van der Waals surface area contributed by atoms with E-state index >= 15 is 0 Å². The maximum atomic E-state index is 13.3. The maximum Gasteiger partial charge on any atom is 0.509 e. The Morgan fingerprint density at radius 3 is 1.79 bits per heavy atom. The van der Waals surface area contributed by atoms with Gasteiger partial charge in [0.1, 0.15) is 36.2 Å². The van der Waals surface area contributed by atoms with Crippen molar-refractivity contribution in [3.05, 3.63) is 32.6 Å². The van der Waals surface area contributed by atoms with Crippen LogP contribution in [0.15, 0.2) is 15.8 Å². The van der Waals surface area contributed by atoms with Gasteiger partial charge >= 0.3 is 24.2 Å². The number of hydrogen-bond acceptors (Lipinski definition) is 12. The number of carbonyl (C=O) groups is 3. The summed E-state index contributed by atoms with van der Waals surface area (Å²) in [7, 11) is 0. The lowest BCUT2D eigenvalue weighted by Crippen LogP contribution is -2.46. The van der Waals surface area contributed by atoms with Gasteiger partial charge in [0.25, 0.3) is 5.56 Å². The maximum absolute atomic E-state index is 13.3. The minimum atomic E-state index is -1.59. The van der Waals surface area contributed by atoms with Gasteiger partial charge in [-0.3, -0.25) is 13.9 Å². The summed E-state index contributed by atoms with van der Waals surface area (Å²) < 4.78 is 52.6. The fourth-order valence-electron chi connectivity index (χ4n) is 3.76. The Labute approximate surface area is 242 Å². The zero-order chi connectivity index (χ0) is 32.2. The van der Waals surface area contributed by atoms with E-state index in [1.807, 2.05) is 0 Å². The first-order valence-corrected chi connectivity index (χ1v) is 13.3. The summed E-state index contributed by atoms with van der Waals surface area (Å²) >= 11 is 0. The smallest absolute Gasteiger partial charge is 0.431 e. The third kappa shape index (κ3) is 10.0. The van der Waals surface area contributed by atoms with E-state index in [0.29, 0.717) is 4.57 Å². The largest absolute Gasteiger partial charge is 0.509 e. The summed E-state index contributed by atoms with van der Waals surface area (Å²) in [6.07, 6.45) is -8.30. The minimum absolute atomic E-state index is 0.0423. The second-order valence-corrected chi connectivity index (χ2v) is 12.6. The van der Waals surface area contributed by atoms with Gasteiger partial charge in [0.15, 0.2) is 18.4 Å². The molecule has 2 heterocycles. The van der Waals surface area contributed by atoms with E-state index in [1.54, 1.807) is 62.3 Å². The number of halogens is 1. The second-order valence-electron chi connectivity index (χ2n) is 12.6. The first-order valence-electron chi connectivity index (χ1n) is 13.3. The Bertz CT molecular complexity index is 1250. The van der Waals surface area contributed by atoms with Crippen LogP contribution in [-0.2, 0) is 39.7 Å². The van der Waals surface area contributed by atoms with Crippen LogP contribution in [0.1, 0.15) is 74.1 Å². The van der Waals surface area contributed by atoms with E-state index < -0.39 is 90.9 Å². The molecule has 1 aromatic rings. The van der Waals surface area contributed by atoms with Crippen molar-refractivity contribution in [3.63, 3.8) is 0 Å². The Hall–Kier alpha value is -3.62. The van der Waals surface area contributed by atoms with E-state index in [4.69, 9.17) is 33.2 Å². The molecule has 42 heavy (non-hydrogen) atoms. The summed E-state index contributed by atoms with van der Waals surface area (Å²) in [5, 5.41) is 0. The van der Waals surface area contributed by atoms with Crippen LogP contribution >= 0.6 is 0 Å². The van der Waals surface area contributed by atoms with Gasteiger partial charge in [-0.2, -0.15) is 0 Å².